The van der Waals surface area contributed by atoms with Crippen molar-refractivity contribution in [2.45, 2.75) is 32.7 Å². The number of rotatable bonds is 6. The molecule has 4 heteroatoms. The van der Waals surface area contributed by atoms with E-state index in [2.05, 4.69) is 31.4 Å². The van der Waals surface area contributed by atoms with E-state index in [4.69, 9.17) is 0 Å². The van der Waals surface area contributed by atoms with Crippen LogP contribution in [0.2, 0.25) is 0 Å². The van der Waals surface area contributed by atoms with Gasteiger partial charge in [0.15, 0.2) is 0 Å². The predicted molar refractivity (Wildman–Crippen MR) is 63.9 cm³/mol. The molecule has 0 fully saturated rings. The van der Waals surface area contributed by atoms with E-state index in [0.717, 1.165) is 19.6 Å². The van der Waals surface area contributed by atoms with Gasteiger partial charge in [0.2, 0.25) is 5.91 Å². The quantitative estimate of drug-likeness (QED) is 0.632. The maximum atomic E-state index is 11.2. The molecule has 90 valence electrons. The summed E-state index contributed by atoms with van der Waals surface area (Å²) in [5.74, 6) is 0.172. The first-order valence-corrected chi connectivity index (χ1v) is 5.49. The van der Waals surface area contributed by atoms with Gasteiger partial charge in [0, 0.05) is 45.7 Å². The highest BCUT2D eigenvalue weighted by molar-refractivity contribution is 5.75. The fraction of sp³-hybridized carbons (Fsp3) is 0.909. The van der Waals surface area contributed by atoms with Crippen LogP contribution in [0.3, 0.4) is 0 Å². The van der Waals surface area contributed by atoms with Crippen molar-refractivity contribution in [1.29, 1.82) is 0 Å². The molecule has 4 nitrogen and oxygen atoms in total. The van der Waals surface area contributed by atoms with Gasteiger partial charge in [-0.05, 0) is 20.8 Å². The zero-order valence-electron chi connectivity index (χ0n) is 10.7. The second kappa shape index (κ2) is 6.80. The van der Waals surface area contributed by atoms with E-state index in [-0.39, 0.29) is 11.4 Å². The van der Waals surface area contributed by atoms with Crippen LogP contribution in [-0.4, -0.2) is 50.1 Å². The highest BCUT2D eigenvalue weighted by Gasteiger charge is 2.07. The number of amides is 1. The van der Waals surface area contributed by atoms with Crippen molar-refractivity contribution in [3.05, 3.63) is 0 Å². The van der Waals surface area contributed by atoms with Gasteiger partial charge in [0.25, 0.3) is 0 Å². The molecular formula is C11H25N3O. The van der Waals surface area contributed by atoms with E-state index in [0.29, 0.717) is 6.42 Å². The molecule has 0 spiro atoms. The number of hydrogen-bond acceptors (Lipinski definition) is 3. The fourth-order valence-corrected chi connectivity index (χ4v) is 1.07. The summed E-state index contributed by atoms with van der Waals surface area (Å²) in [7, 11) is 3.56. The minimum atomic E-state index is 0.168. The van der Waals surface area contributed by atoms with Crippen LogP contribution in [0, 0.1) is 0 Å². The summed E-state index contributed by atoms with van der Waals surface area (Å²) in [6, 6.07) is 0. The minimum Gasteiger partial charge on any atom is -0.349 e. The Hall–Kier alpha value is -0.610. The number of nitrogens with one attached hydrogen (secondary N) is 2. The van der Waals surface area contributed by atoms with Crippen LogP contribution in [0.4, 0.5) is 0 Å². The molecule has 0 aromatic carbocycles. The molecule has 0 heterocycles. The summed E-state index contributed by atoms with van der Waals surface area (Å²) >= 11 is 0. The Bertz CT molecular complexity index is 185. The maximum absolute atomic E-state index is 11.2. The van der Waals surface area contributed by atoms with Crippen molar-refractivity contribution in [1.82, 2.24) is 15.5 Å². The molecule has 0 saturated carbocycles. The van der Waals surface area contributed by atoms with E-state index < -0.39 is 0 Å². The van der Waals surface area contributed by atoms with Crippen molar-refractivity contribution in [2.75, 3.05) is 33.7 Å². The van der Waals surface area contributed by atoms with Crippen molar-refractivity contribution < 1.29 is 4.79 Å². The van der Waals surface area contributed by atoms with Gasteiger partial charge in [-0.3, -0.25) is 4.79 Å². The Kier molecular flexibility index (Phi) is 6.52. The second-order valence-electron chi connectivity index (χ2n) is 4.96. The van der Waals surface area contributed by atoms with Crippen LogP contribution in [0.25, 0.3) is 0 Å². The Labute approximate surface area is 93.4 Å². The molecule has 0 aliphatic carbocycles. The van der Waals surface area contributed by atoms with E-state index in [9.17, 15) is 4.79 Å². The molecule has 15 heavy (non-hydrogen) atoms. The average molecular weight is 215 g/mol. The smallest absolute Gasteiger partial charge is 0.223 e. The molecular weight excluding hydrogens is 190 g/mol. The molecule has 2 N–H and O–H groups in total. The first kappa shape index (κ1) is 14.4. The third-order valence-corrected chi connectivity index (χ3v) is 1.97. The summed E-state index contributed by atoms with van der Waals surface area (Å²) in [6.45, 7) is 9.01. The van der Waals surface area contributed by atoms with Crippen LogP contribution < -0.4 is 10.6 Å². The third kappa shape index (κ3) is 9.69. The van der Waals surface area contributed by atoms with Gasteiger partial charge in [0.05, 0.1) is 0 Å². The Morgan fingerprint density at radius 3 is 2.20 bits per heavy atom. The predicted octanol–water partition coefficient (Wildman–Crippen LogP) is 0.442. The molecule has 0 aliphatic heterocycles. The van der Waals surface area contributed by atoms with Crippen LogP contribution in [0.15, 0.2) is 0 Å². The molecule has 0 unspecified atom stereocenters. The van der Waals surface area contributed by atoms with E-state index in [1.165, 1.54) is 0 Å². The molecule has 0 aliphatic rings. The largest absolute Gasteiger partial charge is 0.349 e. The normalized spacial score (nSPS) is 11.5. The number of hydrogen-bond donors (Lipinski definition) is 2. The standard InChI is InChI=1S/C11H25N3O/c1-11(2,3)13-9-8-12-7-6-10(15)14(4)5/h12-13H,6-9H2,1-5H3. The van der Waals surface area contributed by atoms with Gasteiger partial charge in [-0.2, -0.15) is 0 Å². The lowest BCUT2D eigenvalue weighted by molar-refractivity contribution is -0.128. The summed E-state index contributed by atoms with van der Waals surface area (Å²) in [5, 5.41) is 6.61. The number of carbonyl (C=O) groups is 1. The second-order valence-corrected chi connectivity index (χ2v) is 4.96. The molecule has 0 saturated heterocycles. The van der Waals surface area contributed by atoms with Crippen molar-refractivity contribution in [3.63, 3.8) is 0 Å². The zero-order chi connectivity index (χ0) is 11.9. The average Bonchev–Trinajstić information content (AvgIpc) is 2.08. The third-order valence-electron chi connectivity index (χ3n) is 1.97. The molecule has 0 atom stereocenters. The Balaban J connectivity index is 3.30. The molecule has 0 aromatic rings. The number of nitrogens with zero attached hydrogens (tertiary/aromatic N) is 1. The zero-order valence-corrected chi connectivity index (χ0v) is 10.7. The molecule has 0 aromatic heterocycles. The molecule has 1 amide bonds. The van der Waals surface area contributed by atoms with Crippen molar-refractivity contribution in [2.24, 2.45) is 0 Å². The van der Waals surface area contributed by atoms with Gasteiger partial charge >= 0.3 is 0 Å². The van der Waals surface area contributed by atoms with Gasteiger partial charge in [-0.15, -0.1) is 0 Å². The van der Waals surface area contributed by atoms with E-state index in [1.807, 2.05) is 0 Å². The first-order valence-electron chi connectivity index (χ1n) is 5.49. The minimum absolute atomic E-state index is 0.168. The van der Waals surface area contributed by atoms with Crippen molar-refractivity contribution >= 4 is 5.91 Å². The molecule has 0 radical (unpaired) electrons. The highest BCUT2D eigenvalue weighted by Crippen LogP contribution is 1.96. The van der Waals surface area contributed by atoms with Gasteiger partial charge < -0.3 is 15.5 Å². The van der Waals surface area contributed by atoms with Gasteiger partial charge in [-0.25, -0.2) is 0 Å². The lowest BCUT2D eigenvalue weighted by Gasteiger charge is -2.20. The maximum Gasteiger partial charge on any atom is 0.223 e. The summed E-state index contributed by atoms with van der Waals surface area (Å²) in [4.78, 5) is 12.8. The van der Waals surface area contributed by atoms with Gasteiger partial charge in [-0.1, -0.05) is 0 Å². The molecule has 0 rings (SSSR count). The lowest BCUT2D eigenvalue weighted by Crippen LogP contribution is -2.40. The summed E-state index contributed by atoms with van der Waals surface area (Å²) in [6.07, 6.45) is 0.572. The highest BCUT2D eigenvalue weighted by atomic mass is 16.2. The topological polar surface area (TPSA) is 44.4 Å². The van der Waals surface area contributed by atoms with Crippen LogP contribution in [0.5, 0.6) is 0 Å². The number of carbonyl (C=O) groups excluding carboxylic acids is 1. The summed E-state index contributed by atoms with van der Waals surface area (Å²) < 4.78 is 0. The van der Waals surface area contributed by atoms with Crippen molar-refractivity contribution in [3.8, 4) is 0 Å². The van der Waals surface area contributed by atoms with Gasteiger partial charge in [0.1, 0.15) is 0 Å². The summed E-state index contributed by atoms with van der Waals surface area (Å²) in [5.41, 5.74) is 0.168. The first-order chi connectivity index (χ1) is 6.83. The molecule has 0 bridgehead atoms. The SMILES string of the molecule is CN(C)C(=O)CCNCCNC(C)(C)C. The lowest BCUT2D eigenvalue weighted by atomic mass is 10.1. The van der Waals surface area contributed by atoms with Crippen LogP contribution >= 0.6 is 0 Å². The van der Waals surface area contributed by atoms with Crippen LogP contribution in [0.1, 0.15) is 27.2 Å². The Morgan fingerprint density at radius 2 is 1.73 bits per heavy atom. The Morgan fingerprint density at radius 1 is 1.13 bits per heavy atom. The monoisotopic (exact) mass is 215 g/mol. The van der Waals surface area contributed by atoms with Crippen LogP contribution in [-0.2, 0) is 4.79 Å². The van der Waals surface area contributed by atoms with E-state index in [1.54, 1.807) is 19.0 Å². The van der Waals surface area contributed by atoms with E-state index >= 15 is 0 Å². The fourth-order valence-electron chi connectivity index (χ4n) is 1.07.